The number of rotatable bonds is 3. The van der Waals surface area contributed by atoms with E-state index in [2.05, 4.69) is 15.6 Å². The molecule has 1 unspecified atom stereocenters. The summed E-state index contributed by atoms with van der Waals surface area (Å²) < 4.78 is 26.3. The summed E-state index contributed by atoms with van der Waals surface area (Å²) in [5.41, 5.74) is 0.417. The van der Waals surface area contributed by atoms with Crippen molar-refractivity contribution in [2.45, 2.75) is 18.0 Å². The Labute approximate surface area is 112 Å². The molecular formula is C11H16N4O3S. The lowest BCUT2D eigenvalue weighted by molar-refractivity contribution is -0.126. The number of amides is 1. The van der Waals surface area contributed by atoms with Crippen LogP contribution in [0.5, 0.6) is 0 Å². The van der Waals surface area contributed by atoms with E-state index in [1.807, 2.05) is 0 Å². The van der Waals surface area contributed by atoms with Gasteiger partial charge in [0.1, 0.15) is 6.04 Å². The highest BCUT2D eigenvalue weighted by Crippen LogP contribution is 2.23. The fourth-order valence-corrected chi connectivity index (χ4v) is 3.70. The van der Waals surface area contributed by atoms with Crippen LogP contribution in [0.15, 0.2) is 23.4 Å². The largest absolute Gasteiger partial charge is 0.386 e. The molecule has 1 atom stereocenters. The number of nitrogens with one attached hydrogen (secondary N) is 2. The zero-order chi connectivity index (χ0) is 14.0. The topological polar surface area (TPSA) is 91.4 Å². The van der Waals surface area contributed by atoms with Crippen LogP contribution in [-0.4, -0.2) is 49.8 Å². The number of hydrogen-bond acceptors (Lipinski definition) is 5. The van der Waals surface area contributed by atoms with Crippen molar-refractivity contribution in [1.29, 1.82) is 0 Å². The number of pyridine rings is 1. The van der Waals surface area contributed by atoms with E-state index in [-0.39, 0.29) is 17.5 Å². The van der Waals surface area contributed by atoms with Crippen molar-refractivity contribution in [2.24, 2.45) is 0 Å². The minimum Gasteiger partial charge on any atom is -0.386 e. The minimum absolute atomic E-state index is 0.0564. The third-order valence-electron chi connectivity index (χ3n) is 3.04. The lowest BCUT2D eigenvalue weighted by Gasteiger charge is -2.31. The van der Waals surface area contributed by atoms with Gasteiger partial charge in [-0.25, -0.2) is 13.4 Å². The lowest BCUT2D eigenvalue weighted by atomic mass is 10.2. The molecule has 1 aliphatic heterocycles. The predicted octanol–water partition coefficient (Wildman–Crippen LogP) is -0.368. The Morgan fingerprint density at radius 1 is 1.53 bits per heavy atom. The van der Waals surface area contributed by atoms with Gasteiger partial charge in [-0.15, -0.1) is 0 Å². The van der Waals surface area contributed by atoms with Gasteiger partial charge in [-0.2, -0.15) is 4.31 Å². The molecule has 1 aromatic rings. The van der Waals surface area contributed by atoms with Crippen molar-refractivity contribution in [3.8, 4) is 0 Å². The average Bonchev–Trinajstić information content (AvgIpc) is 2.41. The van der Waals surface area contributed by atoms with E-state index >= 15 is 0 Å². The molecule has 1 aliphatic rings. The van der Waals surface area contributed by atoms with Gasteiger partial charge in [0.25, 0.3) is 10.0 Å². The second kappa shape index (κ2) is 5.14. The number of carbonyl (C=O) groups excluding carboxylic acids is 1. The summed E-state index contributed by atoms with van der Waals surface area (Å²) in [5, 5.41) is 5.37. The molecule has 2 heterocycles. The van der Waals surface area contributed by atoms with Crippen LogP contribution in [-0.2, 0) is 14.8 Å². The molecule has 1 saturated heterocycles. The summed E-state index contributed by atoms with van der Waals surface area (Å²) in [6.07, 6.45) is 1.42. The van der Waals surface area contributed by atoms with Crippen LogP contribution in [0.1, 0.15) is 6.92 Å². The molecule has 0 radical (unpaired) electrons. The SMILES string of the molecule is CNc1cccnc1S(=O)(=O)N1CCNC(=O)C1C. The van der Waals surface area contributed by atoms with Gasteiger partial charge in [-0.1, -0.05) is 0 Å². The lowest BCUT2D eigenvalue weighted by Crippen LogP contribution is -2.55. The van der Waals surface area contributed by atoms with Crippen molar-refractivity contribution in [2.75, 3.05) is 25.5 Å². The van der Waals surface area contributed by atoms with Crippen molar-refractivity contribution < 1.29 is 13.2 Å². The highest BCUT2D eigenvalue weighted by Gasteiger charge is 2.37. The molecule has 1 fully saturated rings. The first-order valence-electron chi connectivity index (χ1n) is 5.91. The molecule has 1 amide bonds. The van der Waals surface area contributed by atoms with Crippen molar-refractivity contribution in [3.05, 3.63) is 18.3 Å². The summed E-state index contributed by atoms with van der Waals surface area (Å²) in [5.74, 6) is -0.295. The van der Waals surface area contributed by atoms with E-state index < -0.39 is 16.1 Å². The van der Waals surface area contributed by atoms with Crippen molar-refractivity contribution >= 4 is 21.6 Å². The molecule has 2 rings (SSSR count). The smallest absolute Gasteiger partial charge is 0.263 e. The van der Waals surface area contributed by atoms with Gasteiger partial charge in [0.2, 0.25) is 5.91 Å². The zero-order valence-corrected chi connectivity index (χ0v) is 11.6. The average molecular weight is 284 g/mol. The van der Waals surface area contributed by atoms with Crippen LogP contribution in [0.2, 0.25) is 0 Å². The van der Waals surface area contributed by atoms with Crippen molar-refractivity contribution in [1.82, 2.24) is 14.6 Å². The van der Waals surface area contributed by atoms with E-state index in [1.165, 1.54) is 10.5 Å². The van der Waals surface area contributed by atoms with Crippen LogP contribution >= 0.6 is 0 Å². The number of sulfonamides is 1. The maximum Gasteiger partial charge on any atom is 0.263 e. The molecule has 1 aromatic heterocycles. The highest BCUT2D eigenvalue weighted by atomic mass is 32.2. The first kappa shape index (κ1) is 13.8. The molecule has 8 heteroatoms. The predicted molar refractivity (Wildman–Crippen MR) is 70.1 cm³/mol. The van der Waals surface area contributed by atoms with E-state index in [0.29, 0.717) is 12.2 Å². The first-order valence-corrected chi connectivity index (χ1v) is 7.35. The molecule has 0 aromatic carbocycles. The molecule has 19 heavy (non-hydrogen) atoms. The maximum absolute atomic E-state index is 12.6. The van der Waals surface area contributed by atoms with Gasteiger partial charge < -0.3 is 10.6 Å². The Kier molecular flexibility index (Phi) is 3.72. The number of anilines is 1. The Hall–Kier alpha value is -1.67. The Bertz CT molecular complexity index is 587. The summed E-state index contributed by atoms with van der Waals surface area (Å²) in [6, 6.07) is 2.55. The Morgan fingerprint density at radius 3 is 2.95 bits per heavy atom. The van der Waals surface area contributed by atoms with Crippen LogP contribution in [0, 0.1) is 0 Å². The molecule has 0 saturated carbocycles. The van der Waals surface area contributed by atoms with E-state index in [1.54, 1.807) is 26.1 Å². The number of piperazine rings is 1. The maximum atomic E-state index is 12.6. The Morgan fingerprint density at radius 2 is 2.26 bits per heavy atom. The zero-order valence-electron chi connectivity index (χ0n) is 10.8. The molecule has 104 valence electrons. The second-order valence-electron chi connectivity index (χ2n) is 4.19. The summed E-state index contributed by atoms with van der Waals surface area (Å²) in [7, 11) is -2.16. The monoisotopic (exact) mass is 284 g/mol. The van der Waals surface area contributed by atoms with Crippen LogP contribution in [0.3, 0.4) is 0 Å². The quantitative estimate of drug-likeness (QED) is 0.790. The van der Waals surface area contributed by atoms with Gasteiger partial charge >= 0.3 is 0 Å². The van der Waals surface area contributed by atoms with Gasteiger partial charge in [0.05, 0.1) is 5.69 Å². The second-order valence-corrected chi connectivity index (χ2v) is 5.99. The summed E-state index contributed by atoms with van der Waals surface area (Å²) in [6.45, 7) is 2.12. The third-order valence-corrected chi connectivity index (χ3v) is 4.97. The number of aromatic nitrogens is 1. The summed E-state index contributed by atoms with van der Waals surface area (Å²) in [4.78, 5) is 15.5. The fourth-order valence-electron chi connectivity index (χ4n) is 1.99. The Balaban J connectivity index is 2.44. The van der Waals surface area contributed by atoms with Crippen LogP contribution in [0.25, 0.3) is 0 Å². The van der Waals surface area contributed by atoms with E-state index in [9.17, 15) is 13.2 Å². The fraction of sp³-hybridized carbons (Fsp3) is 0.455. The molecular weight excluding hydrogens is 268 g/mol. The van der Waals surface area contributed by atoms with Gasteiger partial charge in [-0.05, 0) is 19.1 Å². The molecule has 2 N–H and O–H groups in total. The van der Waals surface area contributed by atoms with Crippen LogP contribution < -0.4 is 10.6 Å². The standard InChI is InChI=1S/C11H16N4O3S/c1-8-10(16)13-6-7-15(8)19(17,18)11-9(12-2)4-3-5-14-11/h3-5,8,12H,6-7H2,1-2H3,(H,13,16). The molecule has 0 bridgehead atoms. The first-order chi connectivity index (χ1) is 8.98. The van der Waals surface area contributed by atoms with Gasteiger partial charge in [-0.3, -0.25) is 4.79 Å². The molecule has 7 nitrogen and oxygen atoms in total. The molecule has 0 aliphatic carbocycles. The van der Waals surface area contributed by atoms with E-state index in [0.717, 1.165) is 0 Å². The normalized spacial score (nSPS) is 20.9. The highest BCUT2D eigenvalue weighted by molar-refractivity contribution is 7.89. The number of nitrogens with zero attached hydrogens (tertiary/aromatic N) is 2. The summed E-state index contributed by atoms with van der Waals surface area (Å²) >= 11 is 0. The van der Waals surface area contributed by atoms with Gasteiger partial charge in [0.15, 0.2) is 5.03 Å². The minimum atomic E-state index is -3.79. The number of carbonyl (C=O) groups is 1. The van der Waals surface area contributed by atoms with Crippen molar-refractivity contribution in [3.63, 3.8) is 0 Å². The van der Waals surface area contributed by atoms with Crippen LogP contribution in [0.4, 0.5) is 5.69 Å². The van der Waals surface area contributed by atoms with E-state index in [4.69, 9.17) is 0 Å². The third kappa shape index (κ3) is 2.41. The number of hydrogen-bond donors (Lipinski definition) is 2. The molecule has 0 spiro atoms. The van der Waals surface area contributed by atoms with Gasteiger partial charge in [0, 0.05) is 26.3 Å².